The van der Waals surface area contributed by atoms with Gasteiger partial charge in [-0.1, -0.05) is 40.2 Å². The summed E-state index contributed by atoms with van der Waals surface area (Å²) >= 11 is 3.29. The number of nitrogens with one attached hydrogen (secondary N) is 1. The lowest BCUT2D eigenvalue weighted by molar-refractivity contribution is 0.0784. The van der Waals surface area contributed by atoms with E-state index < -0.39 is 10.0 Å². The molecule has 0 spiro atoms. The third-order valence-electron chi connectivity index (χ3n) is 4.43. The summed E-state index contributed by atoms with van der Waals surface area (Å²) in [6.45, 7) is 0.359. The quantitative estimate of drug-likeness (QED) is 0.529. The molecule has 0 atom stereocenters. The summed E-state index contributed by atoms with van der Waals surface area (Å²) in [4.78, 5) is 14.6. The van der Waals surface area contributed by atoms with E-state index in [4.69, 9.17) is 4.74 Å². The van der Waals surface area contributed by atoms with Gasteiger partial charge in [-0.15, -0.1) is 0 Å². The van der Waals surface area contributed by atoms with Gasteiger partial charge in [-0.25, -0.2) is 8.42 Å². The summed E-state index contributed by atoms with van der Waals surface area (Å²) in [6, 6.07) is 20.2. The molecule has 0 radical (unpaired) electrons. The standard InChI is InChI=1S/C22H21BrN2O4S/c1-25(15-17-6-3-4-9-21(17)29-2)22(26)16-7-5-8-19(14-16)24-30(27,28)20-12-10-18(23)11-13-20/h3-14,24H,15H2,1-2H3. The van der Waals surface area contributed by atoms with Crippen molar-refractivity contribution in [2.24, 2.45) is 0 Å². The normalized spacial score (nSPS) is 11.0. The van der Waals surface area contributed by atoms with E-state index in [1.807, 2.05) is 24.3 Å². The Balaban J connectivity index is 1.77. The highest BCUT2D eigenvalue weighted by molar-refractivity contribution is 9.10. The molecule has 0 saturated carbocycles. The second-order valence-electron chi connectivity index (χ2n) is 6.61. The molecule has 3 rings (SSSR count). The molecule has 0 bridgehead atoms. The van der Waals surface area contributed by atoms with Crippen LogP contribution in [0.15, 0.2) is 82.2 Å². The molecule has 3 aromatic rings. The lowest BCUT2D eigenvalue weighted by atomic mass is 10.1. The van der Waals surface area contributed by atoms with E-state index in [0.717, 1.165) is 10.0 Å². The number of rotatable bonds is 7. The van der Waals surface area contributed by atoms with Crippen molar-refractivity contribution in [3.8, 4) is 5.75 Å². The van der Waals surface area contributed by atoms with E-state index in [1.54, 1.807) is 49.4 Å². The Hall–Kier alpha value is -2.84. The minimum absolute atomic E-state index is 0.135. The van der Waals surface area contributed by atoms with Crippen LogP contribution in [0.1, 0.15) is 15.9 Å². The van der Waals surface area contributed by atoms with Crippen LogP contribution in [0.25, 0.3) is 0 Å². The number of hydrogen-bond donors (Lipinski definition) is 1. The van der Waals surface area contributed by atoms with Crippen LogP contribution in [0.5, 0.6) is 5.75 Å². The van der Waals surface area contributed by atoms with Gasteiger partial charge in [0.1, 0.15) is 5.75 Å². The van der Waals surface area contributed by atoms with Crippen LogP contribution in [0.4, 0.5) is 5.69 Å². The molecule has 0 fully saturated rings. The number of halogens is 1. The van der Waals surface area contributed by atoms with Gasteiger partial charge in [0.25, 0.3) is 15.9 Å². The Morgan fingerprint density at radius 3 is 2.43 bits per heavy atom. The van der Waals surface area contributed by atoms with E-state index >= 15 is 0 Å². The van der Waals surface area contributed by atoms with Crippen molar-refractivity contribution in [3.63, 3.8) is 0 Å². The highest BCUT2D eigenvalue weighted by Gasteiger charge is 2.17. The topological polar surface area (TPSA) is 75.7 Å². The zero-order chi connectivity index (χ0) is 21.7. The van der Waals surface area contributed by atoms with Crippen molar-refractivity contribution in [1.82, 2.24) is 4.90 Å². The molecule has 3 aromatic carbocycles. The van der Waals surface area contributed by atoms with Crippen LogP contribution in [0, 0.1) is 0 Å². The number of amides is 1. The summed E-state index contributed by atoms with van der Waals surface area (Å²) in [5.41, 5.74) is 1.57. The molecule has 0 saturated heterocycles. The summed E-state index contributed by atoms with van der Waals surface area (Å²) < 4.78 is 33.9. The fraction of sp³-hybridized carbons (Fsp3) is 0.136. The second kappa shape index (κ2) is 9.32. The Morgan fingerprint density at radius 1 is 1.03 bits per heavy atom. The number of carbonyl (C=O) groups is 1. The van der Waals surface area contributed by atoms with Gasteiger partial charge >= 0.3 is 0 Å². The summed E-state index contributed by atoms with van der Waals surface area (Å²) in [7, 11) is -0.490. The van der Waals surface area contributed by atoms with E-state index in [1.165, 1.54) is 18.2 Å². The average Bonchev–Trinajstić information content (AvgIpc) is 2.73. The molecule has 0 aliphatic carbocycles. The van der Waals surface area contributed by atoms with Gasteiger partial charge in [0, 0.05) is 34.9 Å². The smallest absolute Gasteiger partial charge is 0.261 e. The molecule has 0 unspecified atom stereocenters. The SMILES string of the molecule is COc1ccccc1CN(C)C(=O)c1cccc(NS(=O)(=O)c2ccc(Br)cc2)c1. The molecule has 1 N–H and O–H groups in total. The lowest BCUT2D eigenvalue weighted by Crippen LogP contribution is -2.26. The van der Waals surface area contributed by atoms with Gasteiger partial charge in [-0.05, 0) is 48.5 Å². The highest BCUT2D eigenvalue weighted by Crippen LogP contribution is 2.22. The van der Waals surface area contributed by atoms with E-state index in [-0.39, 0.29) is 10.8 Å². The van der Waals surface area contributed by atoms with E-state index in [2.05, 4.69) is 20.7 Å². The predicted octanol–water partition coefficient (Wildman–Crippen LogP) is 4.53. The number of para-hydroxylation sites is 1. The predicted molar refractivity (Wildman–Crippen MR) is 120 cm³/mol. The molecule has 1 amide bonds. The van der Waals surface area contributed by atoms with Gasteiger partial charge in [0.2, 0.25) is 0 Å². The first-order valence-electron chi connectivity index (χ1n) is 9.06. The first kappa shape index (κ1) is 21.9. The number of benzene rings is 3. The van der Waals surface area contributed by atoms with Crippen LogP contribution < -0.4 is 9.46 Å². The lowest BCUT2D eigenvalue weighted by Gasteiger charge is -2.19. The second-order valence-corrected chi connectivity index (χ2v) is 9.21. The molecule has 6 nitrogen and oxygen atoms in total. The number of anilines is 1. The molecule has 0 aliphatic heterocycles. The van der Waals surface area contributed by atoms with Gasteiger partial charge in [0.15, 0.2) is 0 Å². The van der Waals surface area contributed by atoms with Gasteiger partial charge in [0.05, 0.1) is 12.0 Å². The monoisotopic (exact) mass is 488 g/mol. The van der Waals surface area contributed by atoms with Crippen LogP contribution in [-0.4, -0.2) is 33.4 Å². The third kappa shape index (κ3) is 5.20. The Labute approximate surface area is 184 Å². The van der Waals surface area contributed by atoms with Crippen molar-refractivity contribution >= 4 is 37.5 Å². The molecule has 0 aromatic heterocycles. The fourth-order valence-corrected chi connectivity index (χ4v) is 4.24. The average molecular weight is 489 g/mol. The number of methoxy groups -OCH3 is 1. The number of carbonyl (C=O) groups excluding carboxylic acids is 1. The molecular weight excluding hydrogens is 468 g/mol. The van der Waals surface area contributed by atoms with Crippen LogP contribution in [-0.2, 0) is 16.6 Å². The zero-order valence-corrected chi connectivity index (χ0v) is 18.9. The number of ether oxygens (including phenoxy) is 1. The van der Waals surface area contributed by atoms with Crippen molar-refractivity contribution in [2.45, 2.75) is 11.4 Å². The Bertz CT molecular complexity index is 1150. The first-order chi connectivity index (χ1) is 14.3. The first-order valence-corrected chi connectivity index (χ1v) is 11.3. The largest absolute Gasteiger partial charge is 0.496 e. The molecule has 0 aliphatic rings. The maximum absolute atomic E-state index is 12.9. The third-order valence-corrected chi connectivity index (χ3v) is 6.36. The van der Waals surface area contributed by atoms with Gasteiger partial charge in [-0.2, -0.15) is 0 Å². The molecule has 8 heteroatoms. The number of sulfonamides is 1. The Morgan fingerprint density at radius 2 is 1.73 bits per heavy atom. The van der Waals surface area contributed by atoms with E-state index in [9.17, 15) is 13.2 Å². The van der Waals surface area contributed by atoms with Gasteiger partial charge in [-0.3, -0.25) is 9.52 Å². The molecule has 30 heavy (non-hydrogen) atoms. The molecule has 156 valence electrons. The molecule has 0 heterocycles. The minimum Gasteiger partial charge on any atom is -0.496 e. The highest BCUT2D eigenvalue weighted by atomic mass is 79.9. The van der Waals surface area contributed by atoms with Crippen molar-refractivity contribution in [1.29, 1.82) is 0 Å². The van der Waals surface area contributed by atoms with Crippen LogP contribution in [0.3, 0.4) is 0 Å². The number of hydrogen-bond acceptors (Lipinski definition) is 4. The molecular formula is C22H21BrN2O4S. The summed E-state index contributed by atoms with van der Waals surface area (Å²) in [5, 5.41) is 0. The summed E-state index contributed by atoms with van der Waals surface area (Å²) in [6.07, 6.45) is 0. The van der Waals surface area contributed by atoms with Crippen molar-refractivity contribution in [2.75, 3.05) is 18.9 Å². The zero-order valence-electron chi connectivity index (χ0n) is 16.5. The van der Waals surface area contributed by atoms with Gasteiger partial charge < -0.3 is 9.64 Å². The van der Waals surface area contributed by atoms with Crippen LogP contribution in [0.2, 0.25) is 0 Å². The van der Waals surface area contributed by atoms with Crippen molar-refractivity contribution in [3.05, 3.63) is 88.4 Å². The van der Waals surface area contributed by atoms with Crippen molar-refractivity contribution < 1.29 is 17.9 Å². The van der Waals surface area contributed by atoms with Crippen LogP contribution >= 0.6 is 15.9 Å². The maximum Gasteiger partial charge on any atom is 0.261 e. The fourth-order valence-electron chi connectivity index (χ4n) is 2.92. The van der Waals surface area contributed by atoms with E-state index in [0.29, 0.717) is 23.5 Å². The number of nitrogens with zero attached hydrogens (tertiary/aromatic N) is 1. The maximum atomic E-state index is 12.9. The summed E-state index contributed by atoms with van der Waals surface area (Å²) in [5.74, 6) is 0.471. The minimum atomic E-state index is -3.76. The Kier molecular flexibility index (Phi) is 6.79.